The number of anilines is 2. The molecule has 0 aromatic carbocycles. The number of hydrogen-bond acceptors (Lipinski definition) is 7. The highest BCUT2D eigenvalue weighted by molar-refractivity contribution is 5.76. The van der Waals surface area contributed by atoms with Crippen LogP contribution >= 0.6 is 0 Å². The highest BCUT2D eigenvalue weighted by Crippen LogP contribution is 2.24. The van der Waals surface area contributed by atoms with Gasteiger partial charge in [-0.05, 0) is 0 Å². The van der Waals surface area contributed by atoms with E-state index in [9.17, 15) is 14.9 Å². The molecule has 18 heavy (non-hydrogen) atoms. The smallest absolute Gasteiger partial charge is 0.329 e. The summed E-state index contributed by atoms with van der Waals surface area (Å²) < 4.78 is 0. The molecule has 0 aliphatic rings. The number of nitrogen functional groups attached to an aromatic ring is 1. The predicted octanol–water partition coefficient (Wildman–Crippen LogP) is -0.461. The van der Waals surface area contributed by atoms with Gasteiger partial charge in [0.15, 0.2) is 0 Å². The van der Waals surface area contributed by atoms with Gasteiger partial charge in [-0.15, -0.1) is 0 Å². The fourth-order valence-corrected chi connectivity index (χ4v) is 1.29. The molecule has 1 rings (SSSR count). The van der Waals surface area contributed by atoms with Crippen LogP contribution in [0.3, 0.4) is 0 Å². The molecule has 0 saturated carbocycles. The van der Waals surface area contributed by atoms with Gasteiger partial charge in [-0.1, -0.05) is 0 Å². The summed E-state index contributed by atoms with van der Waals surface area (Å²) in [5.74, 6) is -0.120. The Kier molecular flexibility index (Phi) is 4.35. The summed E-state index contributed by atoms with van der Waals surface area (Å²) in [5, 5.41) is 13.3. The van der Waals surface area contributed by atoms with Crippen molar-refractivity contribution >= 4 is 23.4 Å². The third-order valence-electron chi connectivity index (χ3n) is 2.28. The van der Waals surface area contributed by atoms with Crippen molar-refractivity contribution in [2.75, 3.05) is 31.3 Å². The Balaban J connectivity index is 2.89. The summed E-state index contributed by atoms with van der Waals surface area (Å²) in [6.07, 6.45) is 1.25. The number of carbonyl (C=O) groups is 1. The van der Waals surface area contributed by atoms with Crippen LogP contribution in [0.1, 0.15) is 6.42 Å². The van der Waals surface area contributed by atoms with Crippen LogP contribution in [0.4, 0.5) is 17.5 Å². The van der Waals surface area contributed by atoms with E-state index in [0.29, 0.717) is 0 Å². The number of aromatic nitrogens is 2. The number of hydrogen-bond donors (Lipinski definition) is 2. The van der Waals surface area contributed by atoms with Gasteiger partial charge in [0.2, 0.25) is 17.7 Å². The van der Waals surface area contributed by atoms with E-state index < -0.39 is 4.92 Å². The Morgan fingerprint density at radius 3 is 2.89 bits per heavy atom. The van der Waals surface area contributed by atoms with Crippen molar-refractivity contribution < 1.29 is 9.72 Å². The van der Waals surface area contributed by atoms with E-state index in [1.54, 1.807) is 7.05 Å². The van der Waals surface area contributed by atoms with Crippen molar-refractivity contribution in [2.45, 2.75) is 6.42 Å². The van der Waals surface area contributed by atoms with Crippen molar-refractivity contribution in [2.24, 2.45) is 0 Å². The molecule has 0 bridgehead atoms. The number of nitrogens with zero attached hydrogens (tertiary/aromatic N) is 4. The highest BCUT2D eigenvalue weighted by Gasteiger charge is 2.20. The number of rotatable bonds is 5. The molecular formula is C9H14N6O3. The molecule has 0 unspecified atom stereocenters. The molecule has 0 spiro atoms. The van der Waals surface area contributed by atoms with Crippen molar-refractivity contribution in [3.8, 4) is 0 Å². The van der Waals surface area contributed by atoms with E-state index >= 15 is 0 Å². The molecule has 0 atom stereocenters. The summed E-state index contributed by atoms with van der Waals surface area (Å²) in [7, 11) is 3.12. The van der Waals surface area contributed by atoms with Gasteiger partial charge in [-0.3, -0.25) is 14.9 Å². The van der Waals surface area contributed by atoms with Crippen LogP contribution in [0.25, 0.3) is 0 Å². The quantitative estimate of drug-likeness (QED) is 0.537. The van der Waals surface area contributed by atoms with E-state index in [1.165, 1.54) is 11.9 Å². The van der Waals surface area contributed by atoms with Crippen LogP contribution < -0.4 is 16.0 Å². The molecule has 1 aromatic heterocycles. The maximum absolute atomic E-state index is 11.1. The van der Waals surface area contributed by atoms with Crippen LogP contribution in [-0.2, 0) is 4.79 Å². The van der Waals surface area contributed by atoms with Gasteiger partial charge >= 0.3 is 5.69 Å². The summed E-state index contributed by atoms with van der Waals surface area (Å²) in [5.41, 5.74) is 5.15. The van der Waals surface area contributed by atoms with Crippen molar-refractivity contribution in [1.29, 1.82) is 0 Å². The van der Waals surface area contributed by atoms with Gasteiger partial charge in [-0.2, -0.15) is 4.98 Å². The highest BCUT2D eigenvalue weighted by atomic mass is 16.6. The molecule has 3 N–H and O–H groups in total. The van der Waals surface area contributed by atoms with Gasteiger partial charge in [0.05, 0.1) is 4.92 Å². The maximum Gasteiger partial charge on any atom is 0.329 e. The monoisotopic (exact) mass is 254 g/mol. The fraction of sp³-hybridized carbons (Fsp3) is 0.444. The number of nitrogens with two attached hydrogens (primary N) is 1. The van der Waals surface area contributed by atoms with Crippen molar-refractivity contribution in [3.05, 3.63) is 16.3 Å². The van der Waals surface area contributed by atoms with E-state index in [2.05, 4.69) is 15.3 Å². The van der Waals surface area contributed by atoms with Crippen molar-refractivity contribution in [3.63, 3.8) is 0 Å². The van der Waals surface area contributed by atoms with E-state index in [1.807, 2.05) is 0 Å². The SMILES string of the molecule is CNC(=O)CCN(C)c1nc(N)ncc1[N+](=O)[O-]. The molecule has 0 aliphatic carbocycles. The van der Waals surface area contributed by atoms with Crippen LogP contribution in [0.15, 0.2) is 6.20 Å². The molecule has 1 heterocycles. The molecule has 9 nitrogen and oxygen atoms in total. The summed E-state index contributed by atoms with van der Waals surface area (Å²) >= 11 is 0. The first kappa shape index (κ1) is 13.6. The van der Waals surface area contributed by atoms with Gasteiger partial charge in [0, 0.05) is 27.1 Å². The number of amides is 1. The first-order valence-electron chi connectivity index (χ1n) is 5.14. The van der Waals surface area contributed by atoms with E-state index in [4.69, 9.17) is 5.73 Å². The zero-order valence-corrected chi connectivity index (χ0v) is 10.1. The first-order valence-corrected chi connectivity index (χ1v) is 5.14. The Morgan fingerprint density at radius 2 is 2.33 bits per heavy atom. The average Bonchev–Trinajstić information content (AvgIpc) is 2.34. The first-order chi connectivity index (χ1) is 8.45. The largest absolute Gasteiger partial charge is 0.368 e. The minimum Gasteiger partial charge on any atom is -0.368 e. The second kappa shape index (κ2) is 5.75. The lowest BCUT2D eigenvalue weighted by molar-refractivity contribution is -0.384. The molecule has 0 aliphatic heterocycles. The molecular weight excluding hydrogens is 240 g/mol. The lowest BCUT2D eigenvalue weighted by Crippen LogP contribution is -2.27. The van der Waals surface area contributed by atoms with Crippen LogP contribution in [0, 0.1) is 10.1 Å². The molecule has 1 aromatic rings. The number of nitrogens with one attached hydrogen (secondary N) is 1. The minimum absolute atomic E-state index is 0.0533. The summed E-state index contributed by atoms with van der Waals surface area (Å²) in [4.78, 5) is 30.2. The minimum atomic E-state index is -0.592. The van der Waals surface area contributed by atoms with Crippen molar-refractivity contribution in [1.82, 2.24) is 15.3 Å². The second-order valence-corrected chi connectivity index (χ2v) is 3.54. The fourth-order valence-electron chi connectivity index (χ4n) is 1.29. The molecule has 98 valence electrons. The summed E-state index contributed by atoms with van der Waals surface area (Å²) in [6.45, 7) is 0.289. The lowest BCUT2D eigenvalue weighted by Gasteiger charge is -2.17. The molecule has 0 saturated heterocycles. The van der Waals surface area contributed by atoms with Crippen LogP contribution in [0.2, 0.25) is 0 Å². The average molecular weight is 254 g/mol. The maximum atomic E-state index is 11.1. The standard InChI is InChI=1S/C9H14N6O3/c1-11-7(16)3-4-14(2)8-6(15(17)18)5-12-9(10)13-8/h5H,3-4H2,1-2H3,(H,11,16)(H2,10,12,13). The third kappa shape index (κ3) is 3.27. The Bertz CT molecular complexity index is 464. The zero-order valence-electron chi connectivity index (χ0n) is 10.1. The Morgan fingerprint density at radius 1 is 1.67 bits per heavy atom. The molecule has 0 fully saturated rings. The predicted molar refractivity (Wildman–Crippen MR) is 65.1 cm³/mol. The Hall–Kier alpha value is -2.45. The van der Waals surface area contributed by atoms with E-state index in [0.717, 1.165) is 6.20 Å². The van der Waals surface area contributed by atoms with Gasteiger partial charge in [-0.25, -0.2) is 4.98 Å². The molecule has 1 amide bonds. The second-order valence-electron chi connectivity index (χ2n) is 3.54. The zero-order chi connectivity index (χ0) is 13.7. The normalized spacial score (nSPS) is 9.89. The van der Waals surface area contributed by atoms with E-state index in [-0.39, 0.29) is 36.3 Å². The number of carbonyl (C=O) groups excluding carboxylic acids is 1. The summed E-state index contributed by atoms with van der Waals surface area (Å²) in [6, 6.07) is 0. The van der Waals surface area contributed by atoms with Gasteiger partial charge in [0.1, 0.15) is 6.20 Å². The molecule has 9 heteroatoms. The van der Waals surface area contributed by atoms with Crippen LogP contribution in [-0.4, -0.2) is 41.4 Å². The number of nitro groups is 1. The topological polar surface area (TPSA) is 127 Å². The van der Waals surface area contributed by atoms with Gasteiger partial charge < -0.3 is 16.0 Å². The van der Waals surface area contributed by atoms with Crippen LogP contribution in [0.5, 0.6) is 0 Å². The Labute approximate surface area is 103 Å². The third-order valence-corrected chi connectivity index (χ3v) is 2.28. The van der Waals surface area contributed by atoms with Gasteiger partial charge in [0.25, 0.3) is 0 Å². The molecule has 0 radical (unpaired) electrons. The lowest BCUT2D eigenvalue weighted by atomic mass is 10.3.